The quantitative estimate of drug-likeness (QED) is 0.292. The lowest BCUT2D eigenvalue weighted by Crippen LogP contribution is -2.47. The van der Waals surface area contributed by atoms with Crippen molar-refractivity contribution in [3.05, 3.63) is 144 Å². The first-order valence-corrected chi connectivity index (χ1v) is 12.9. The van der Waals surface area contributed by atoms with Crippen molar-refractivity contribution in [2.75, 3.05) is 19.6 Å². The maximum Gasteiger partial charge on any atom is 0.0601 e. The molecule has 1 heterocycles. The Bertz CT molecular complexity index is 1100. The Kier molecular flexibility index (Phi) is 7.72. The molecule has 0 unspecified atom stereocenters. The molecule has 1 aliphatic heterocycles. The number of likely N-dealkylation sites (tertiary alicyclic amines) is 1. The zero-order valence-electron chi connectivity index (χ0n) is 20.5. The predicted octanol–water partition coefficient (Wildman–Crippen LogP) is 6.89. The lowest BCUT2D eigenvalue weighted by Gasteiger charge is -2.45. The molecule has 4 aromatic rings. The molecule has 0 radical (unpaired) electrons. The lowest BCUT2D eigenvalue weighted by atomic mass is 9.73. The van der Waals surface area contributed by atoms with Gasteiger partial charge in [-0.1, -0.05) is 121 Å². The first-order valence-electron chi connectivity index (χ1n) is 12.9. The van der Waals surface area contributed by atoms with Gasteiger partial charge in [0.2, 0.25) is 0 Å². The molecule has 1 N–H and O–H groups in total. The van der Waals surface area contributed by atoms with E-state index in [0.29, 0.717) is 6.04 Å². The third kappa shape index (κ3) is 6.08. The average molecular weight is 461 g/mol. The third-order valence-electron chi connectivity index (χ3n) is 7.55. The van der Waals surface area contributed by atoms with Crippen LogP contribution in [0.2, 0.25) is 0 Å². The summed E-state index contributed by atoms with van der Waals surface area (Å²) in [6.07, 6.45) is 3.52. The van der Waals surface area contributed by atoms with Gasteiger partial charge in [-0.15, -0.1) is 0 Å². The molecule has 1 fully saturated rings. The van der Waals surface area contributed by atoms with Crippen LogP contribution in [0.5, 0.6) is 0 Å². The number of benzene rings is 4. The standard InChI is InChI=1S/C33H36N2/c1-5-13-28(14-6-1)25-33(27-34-26-29-15-7-2-8-16-29)21-23-35(24-22-33)32(30-17-9-3-10-18-30)31-19-11-4-12-20-31/h1-20,32,34H,21-27H2. The minimum Gasteiger partial charge on any atom is -0.312 e. The molecule has 1 aliphatic rings. The van der Waals surface area contributed by atoms with Crippen LogP contribution in [0.25, 0.3) is 0 Å². The highest BCUT2D eigenvalue weighted by atomic mass is 15.2. The van der Waals surface area contributed by atoms with Crippen LogP contribution < -0.4 is 5.32 Å². The van der Waals surface area contributed by atoms with Crippen molar-refractivity contribution in [2.24, 2.45) is 5.41 Å². The fraction of sp³-hybridized carbons (Fsp3) is 0.273. The summed E-state index contributed by atoms with van der Waals surface area (Å²) >= 11 is 0. The van der Waals surface area contributed by atoms with E-state index in [-0.39, 0.29) is 5.41 Å². The van der Waals surface area contributed by atoms with E-state index >= 15 is 0 Å². The van der Waals surface area contributed by atoms with E-state index in [2.05, 4.69) is 132 Å². The van der Waals surface area contributed by atoms with E-state index < -0.39 is 0 Å². The monoisotopic (exact) mass is 460 g/mol. The Labute approximate surface area is 210 Å². The Morgan fingerprint density at radius 3 is 1.57 bits per heavy atom. The molecule has 0 amide bonds. The first-order chi connectivity index (χ1) is 17.3. The van der Waals surface area contributed by atoms with Crippen LogP contribution in [-0.2, 0) is 13.0 Å². The molecule has 0 saturated carbocycles. The molecule has 5 rings (SSSR count). The summed E-state index contributed by atoms with van der Waals surface area (Å²) in [6.45, 7) is 4.19. The fourth-order valence-electron chi connectivity index (χ4n) is 5.65. The Hall–Kier alpha value is -3.20. The highest BCUT2D eigenvalue weighted by Crippen LogP contribution is 2.39. The smallest absolute Gasteiger partial charge is 0.0601 e. The third-order valence-corrected chi connectivity index (χ3v) is 7.55. The summed E-state index contributed by atoms with van der Waals surface area (Å²) in [6, 6.07) is 44.2. The van der Waals surface area contributed by atoms with Crippen LogP contribution in [0.3, 0.4) is 0 Å². The zero-order chi connectivity index (χ0) is 23.8. The van der Waals surface area contributed by atoms with Gasteiger partial charge < -0.3 is 5.32 Å². The Morgan fingerprint density at radius 1 is 0.600 bits per heavy atom. The summed E-state index contributed by atoms with van der Waals surface area (Å²) in [7, 11) is 0. The summed E-state index contributed by atoms with van der Waals surface area (Å²) in [5.41, 5.74) is 5.84. The largest absolute Gasteiger partial charge is 0.312 e. The van der Waals surface area contributed by atoms with Crippen molar-refractivity contribution in [1.82, 2.24) is 10.2 Å². The van der Waals surface area contributed by atoms with Gasteiger partial charge in [-0.2, -0.15) is 0 Å². The molecule has 0 spiro atoms. The maximum atomic E-state index is 3.82. The first kappa shape index (κ1) is 23.5. The molecule has 178 valence electrons. The molecule has 0 aliphatic carbocycles. The second-order valence-corrected chi connectivity index (χ2v) is 10.0. The second-order valence-electron chi connectivity index (χ2n) is 10.0. The van der Waals surface area contributed by atoms with Gasteiger partial charge >= 0.3 is 0 Å². The van der Waals surface area contributed by atoms with E-state index in [1.165, 1.54) is 35.1 Å². The van der Waals surface area contributed by atoms with Crippen LogP contribution >= 0.6 is 0 Å². The molecule has 35 heavy (non-hydrogen) atoms. The molecular formula is C33H36N2. The molecule has 4 aromatic carbocycles. The van der Waals surface area contributed by atoms with Gasteiger partial charge in [0, 0.05) is 13.1 Å². The maximum absolute atomic E-state index is 3.82. The van der Waals surface area contributed by atoms with Gasteiger partial charge in [0.1, 0.15) is 0 Å². The molecule has 1 saturated heterocycles. The van der Waals surface area contributed by atoms with Crippen LogP contribution in [0.15, 0.2) is 121 Å². The highest BCUT2D eigenvalue weighted by molar-refractivity contribution is 5.32. The number of rotatable bonds is 9. The Morgan fingerprint density at radius 2 is 1.06 bits per heavy atom. The molecule has 2 nitrogen and oxygen atoms in total. The van der Waals surface area contributed by atoms with Crippen molar-refractivity contribution in [2.45, 2.75) is 31.8 Å². The molecule has 0 atom stereocenters. The van der Waals surface area contributed by atoms with Crippen molar-refractivity contribution in [1.29, 1.82) is 0 Å². The van der Waals surface area contributed by atoms with Crippen LogP contribution in [0.4, 0.5) is 0 Å². The minimum absolute atomic E-state index is 0.268. The van der Waals surface area contributed by atoms with E-state index in [1.54, 1.807) is 0 Å². The van der Waals surface area contributed by atoms with Gasteiger partial charge in [-0.3, -0.25) is 4.90 Å². The number of nitrogens with one attached hydrogen (secondary N) is 1. The van der Waals surface area contributed by atoms with Crippen LogP contribution in [-0.4, -0.2) is 24.5 Å². The lowest BCUT2D eigenvalue weighted by molar-refractivity contribution is 0.0817. The van der Waals surface area contributed by atoms with E-state index in [9.17, 15) is 0 Å². The topological polar surface area (TPSA) is 15.3 Å². The molecule has 0 bridgehead atoms. The Balaban J connectivity index is 1.34. The van der Waals surface area contributed by atoms with E-state index in [1.807, 2.05) is 0 Å². The van der Waals surface area contributed by atoms with E-state index in [4.69, 9.17) is 0 Å². The average Bonchev–Trinajstić information content (AvgIpc) is 2.92. The van der Waals surface area contributed by atoms with Gasteiger partial charge in [-0.25, -0.2) is 0 Å². The van der Waals surface area contributed by atoms with Crippen LogP contribution in [0.1, 0.15) is 41.1 Å². The summed E-state index contributed by atoms with van der Waals surface area (Å²) in [5, 5.41) is 3.82. The number of hydrogen-bond donors (Lipinski definition) is 1. The molecule has 2 heteroatoms. The number of piperidine rings is 1. The van der Waals surface area contributed by atoms with Gasteiger partial charge in [0.25, 0.3) is 0 Å². The second kappa shape index (κ2) is 11.5. The minimum atomic E-state index is 0.268. The summed E-state index contributed by atoms with van der Waals surface area (Å²) in [4.78, 5) is 2.70. The summed E-state index contributed by atoms with van der Waals surface area (Å²) < 4.78 is 0. The zero-order valence-corrected chi connectivity index (χ0v) is 20.5. The summed E-state index contributed by atoms with van der Waals surface area (Å²) in [5.74, 6) is 0. The van der Waals surface area contributed by atoms with Gasteiger partial charge in [0.05, 0.1) is 6.04 Å². The normalized spacial score (nSPS) is 15.8. The van der Waals surface area contributed by atoms with Crippen molar-refractivity contribution >= 4 is 0 Å². The number of hydrogen-bond acceptors (Lipinski definition) is 2. The fourth-order valence-corrected chi connectivity index (χ4v) is 5.65. The molecular weight excluding hydrogens is 424 g/mol. The number of nitrogens with zero attached hydrogens (tertiary/aromatic N) is 1. The predicted molar refractivity (Wildman–Crippen MR) is 146 cm³/mol. The van der Waals surface area contributed by atoms with Crippen molar-refractivity contribution in [3.63, 3.8) is 0 Å². The molecule has 0 aromatic heterocycles. The van der Waals surface area contributed by atoms with Gasteiger partial charge in [0.15, 0.2) is 0 Å². The van der Waals surface area contributed by atoms with E-state index in [0.717, 1.165) is 32.6 Å². The van der Waals surface area contributed by atoms with Crippen LogP contribution in [0, 0.1) is 5.41 Å². The van der Waals surface area contributed by atoms with Crippen molar-refractivity contribution < 1.29 is 0 Å². The SMILES string of the molecule is c1ccc(CNCC2(Cc3ccccc3)CCN(C(c3ccccc3)c3ccccc3)CC2)cc1. The van der Waals surface area contributed by atoms with Crippen molar-refractivity contribution in [3.8, 4) is 0 Å². The highest BCUT2D eigenvalue weighted by Gasteiger charge is 2.37. The van der Waals surface area contributed by atoms with Gasteiger partial charge in [-0.05, 0) is 60.0 Å².